The Labute approximate surface area is 125 Å². The molecule has 0 saturated carbocycles. The van der Waals surface area contributed by atoms with Crippen LogP contribution in [0.15, 0.2) is 41.8 Å². The third-order valence-corrected chi connectivity index (χ3v) is 5.37. The van der Waals surface area contributed by atoms with Crippen molar-refractivity contribution in [3.8, 4) is 0 Å². The molecule has 0 spiro atoms. The van der Waals surface area contributed by atoms with Gasteiger partial charge in [0.2, 0.25) is 0 Å². The molecule has 0 saturated heterocycles. The summed E-state index contributed by atoms with van der Waals surface area (Å²) < 4.78 is 0. The Bertz CT molecular complexity index is 550. The van der Waals surface area contributed by atoms with E-state index < -0.39 is 0 Å². The van der Waals surface area contributed by atoms with Crippen molar-refractivity contribution in [2.75, 3.05) is 20.1 Å². The van der Waals surface area contributed by atoms with Crippen molar-refractivity contribution < 1.29 is 0 Å². The van der Waals surface area contributed by atoms with Gasteiger partial charge in [-0.25, -0.2) is 0 Å². The number of likely N-dealkylation sites (N-methyl/N-ethyl adjacent to an activating group) is 1. The summed E-state index contributed by atoms with van der Waals surface area (Å²) in [5, 5.41) is 5.71. The first kappa shape index (κ1) is 13.8. The van der Waals surface area contributed by atoms with Gasteiger partial charge in [-0.3, -0.25) is 4.90 Å². The van der Waals surface area contributed by atoms with E-state index in [0.717, 1.165) is 19.6 Å². The Balaban J connectivity index is 1.72. The molecule has 0 fully saturated rings. The number of hydrogen-bond donors (Lipinski definition) is 1. The molecule has 1 aromatic carbocycles. The van der Waals surface area contributed by atoms with E-state index in [2.05, 4.69) is 66.0 Å². The van der Waals surface area contributed by atoms with E-state index in [9.17, 15) is 0 Å². The maximum atomic E-state index is 3.55. The van der Waals surface area contributed by atoms with E-state index in [4.69, 9.17) is 0 Å². The summed E-state index contributed by atoms with van der Waals surface area (Å²) in [5.74, 6) is 0.590. The average molecular weight is 286 g/mol. The SMILES string of the molecule is CC(c1cccs1)N(C)CC1CNCc2ccccc21. The molecule has 3 rings (SSSR count). The van der Waals surface area contributed by atoms with E-state index >= 15 is 0 Å². The molecule has 2 atom stereocenters. The highest BCUT2D eigenvalue weighted by Gasteiger charge is 2.23. The average Bonchev–Trinajstić information content (AvgIpc) is 3.01. The van der Waals surface area contributed by atoms with Gasteiger partial charge in [0.25, 0.3) is 0 Å². The summed E-state index contributed by atoms with van der Waals surface area (Å²) in [4.78, 5) is 3.92. The van der Waals surface area contributed by atoms with Gasteiger partial charge in [-0.1, -0.05) is 30.3 Å². The van der Waals surface area contributed by atoms with Crippen molar-refractivity contribution in [3.63, 3.8) is 0 Å². The summed E-state index contributed by atoms with van der Waals surface area (Å²) >= 11 is 1.85. The van der Waals surface area contributed by atoms with Crippen LogP contribution < -0.4 is 5.32 Å². The number of nitrogens with zero attached hydrogens (tertiary/aromatic N) is 1. The first-order chi connectivity index (χ1) is 9.75. The van der Waals surface area contributed by atoms with Gasteiger partial charge >= 0.3 is 0 Å². The monoisotopic (exact) mass is 286 g/mol. The molecule has 2 unspecified atom stereocenters. The first-order valence-electron chi connectivity index (χ1n) is 7.28. The molecule has 1 N–H and O–H groups in total. The van der Waals surface area contributed by atoms with Gasteiger partial charge in [-0.2, -0.15) is 0 Å². The zero-order valence-corrected chi connectivity index (χ0v) is 13.0. The van der Waals surface area contributed by atoms with Crippen LogP contribution in [0.5, 0.6) is 0 Å². The summed E-state index contributed by atoms with van der Waals surface area (Å²) in [7, 11) is 2.24. The van der Waals surface area contributed by atoms with Crippen molar-refractivity contribution in [2.24, 2.45) is 0 Å². The summed E-state index contributed by atoms with van der Waals surface area (Å²) in [6, 6.07) is 13.7. The van der Waals surface area contributed by atoms with Crippen LogP contribution in [0.1, 0.15) is 34.9 Å². The second kappa shape index (κ2) is 6.08. The van der Waals surface area contributed by atoms with Crippen LogP contribution in [-0.4, -0.2) is 25.0 Å². The van der Waals surface area contributed by atoms with Gasteiger partial charge in [0, 0.05) is 36.5 Å². The predicted molar refractivity (Wildman–Crippen MR) is 86.3 cm³/mol. The third kappa shape index (κ3) is 2.80. The predicted octanol–water partition coefficient (Wildman–Crippen LogP) is 3.63. The smallest absolute Gasteiger partial charge is 0.0410 e. The zero-order chi connectivity index (χ0) is 13.9. The molecule has 0 aliphatic carbocycles. The second-order valence-corrected chi connectivity index (χ2v) is 6.64. The van der Waals surface area contributed by atoms with Gasteiger partial charge in [0.05, 0.1) is 0 Å². The number of fused-ring (bicyclic) bond motifs is 1. The molecule has 0 radical (unpaired) electrons. The number of hydrogen-bond acceptors (Lipinski definition) is 3. The lowest BCUT2D eigenvalue weighted by atomic mass is 9.90. The molecule has 0 amide bonds. The Morgan fingerprint density at radius 2 is 2.15 bits per heavy atom. The fourth-order valence-corrected chi connectivity index (χ4v) is 3.85. The van der Waals surface area contributed by atoms with Crippen LogP contribution in [0, 0.1) is 0 Å². The van der Waals surface area contributed by atoms with E-state index in [-0.39, 0.29) is 0 Å². The highest BCUT2D eigenvalue weighted by atomic mass is 32.1. The minimum Gasteiger partial charge on any atom is -0.312 e. The molecule has 3 heteroatoms. The topological polar surface area (TPSA) is 15.3 Å². The van der Waals surface area contributed by atoms with E-state index in [0.29, 0.717) is 12.0 Å². The minimum atomic E-state index is 0.490. The second-order valence-electron chi connectivity index (χ2n) is 5.66. The largest absolute Gasteiger partial charge is 0.312 e. The molecule has 2 nitrogen and oxygen atoms in total. The summed E-state index contributed by atoms with van der Waals surface area (Å²) in [6.07, 6.45) is 0. The lowest BCUT2D eigenvalue weighted by Gasteiger charge is -2.32. The minimum absolute atomic E-state index is 0.490. The normalized spacial score (nSPS) is 19.9. The Kier molecular flexibility index (Phi) is 4.20. The van der Waals surface area contributed by atoms with E-state index in [1.807, 2.05) is 11.3 Å². The molecule has 20 heavy (non-hydrogen) atoms. The van der Waals surface area contributed by atoms with E-state index in [1.165, 1.54) is 16.0 Å². The lowest BCUT2D eigenvalue weighted by Crippen LogP contribution is -2.36. The number of rotatable bonds is 4. The number of thiophene rings is 1. The molecule has 2 heterocycles. The standard InChI is InChI=1S/C17H22N2S/c1-13(17-8-5-9-20-17)19(2)12-15-11-18-10-14-6-3-4-7-16(14)15/h3-9,13,15,18H,10-12H2,1-2H3. The Morgan fingerprint density at radius 3 is 2.95 bits per heavy atom. The molecule has 1 aliphatic rings. The summed E-state index contributed by atoms with van der Waals surface area (Å²) in [6.45, 7) is 5.49. The lowest BCUT2D eigenvalue weighted by molar-refractivity contribution is 0.242. The highest BCUT2D eigenvalue weighted by molar-refractivity contribution is 7.10. The van der Waals surface area contributed by atoms with Gasteiger partial charge in [-0.05, 0) is 36.5 Å². The van der Waals surface area contributed by atoms with Gasteiger partial charge < -0.3 is 5.32 Å². The number of nitrogens with one attached hydrogen (secondary N) is 1. The molecule has 2 aromatic rings. The van der Waals surface area contributed by atoms with Gasteiger partial charge in [0.1, 0.15) is 0 Å². The van der Waals surface area contributed by atoms with Crippen molar-refractivity contribution in [1.29, 1.82) is 0 Å². The summed E-state index contributed by atoms with van der Waals surface area (Å²) in [5.41, 5.74) is 2.98. The molecule has 0 bridgehead atoms. The van der Waals surface area contributed by atoms with Crippen molar-refractivity contribution in [2.45, 2.75) is 25.4 Å². The first-order valence-corrected chi connectivity index (χ1v) is 8.16. The van der Waals surface area contributed by atoms with Crippen molar-refractivity contribution >= 4 is 11.3 Å². The van der Waals surface area contributed by atoms with E-state index in [1.54, 1.807) is 0 Å². The fourth-order valence-electron chi connectivity index (χ4n) is 3.00. The zero-order valence-electron chi connectivity index (χ0n) is 12.2. The van der Waals surface area contributed by atoms with Crippen LogP contribution in [0.4, 0.5) is 0 Å². The molecule has 1 aliphatic heterocycles. The number of benzene rings is 1. The third-order valence-electron chi connectivity index (χ3n) is 4.33. The fraction of sp³-hybridized carbons (Fsp3) is 0.412. The van der Waals surface area contributed by atoms with Gasteiger partial charge in [-0.15, -0.1) is 11.3 Å². The van der Waals surface area contributed by atoms with Crippen LogP contribution in [0.25, 0.3) is 0 Å². The van der Waals surface area contributed by atoms with Crippen LogP contribution in [0.3, 0.4) is 0 Å². The van der Waals surface area contributed by atoms with Crippen LogP contribution >= 0.6 is 11.3 Å². The maximum absolute atomic E-state index is 3.55. The van der Waals surface area contributed by atoms with Crippen molar-refractivity contribution in [1.82, 2.24) is 10.2 Å². The Morgan fingerprint density at radius 1 is 1.30 bits per heavy atom. The van der Waals surface area contributed by atoms with Gasteiger partial charge in [0.15, 0.2) is 0 Å². The quantitative estimate of drug-likeness (QED) is 0.923. The Hall–Kier alpha value is -1.16. The molecule has 1 aromatic heterocycles. The molecular weight excluding hydrogens is 264 g/mol. The highest BCUT2D eigenvalue weighted by Crippen LogP contribution is 2.28. The van der Waals surface area contributed by atoms with Crippen LogP contribution in [-0.2, 0) is 6.54 Å². The van der Waals surface area contributed by atoms with Crippen molar-refractivity contribution in [3.05, 3.63) is 57.8 Å². The van der Waals surface area contributed by atoms with Crippen LogP contribution in [0.2, 0.25) is 0 Å². The maximum Gasteiger partial charge on any atom is 0.0410 e. The molecule has 106 valence electrons. The molecular formula is C17H22N2S.